The normalized spacial score (nSPS) is 20.6. The second-order valence-corrected chi connectivity index (χ2v) is 8.57. The van der Waals surface area contributed by atoms with Crippen molar-refractivity contribution >= 4 is 17.7 Å². The summed E-state index contributed by atoms with van der Waals surface area (Å²) in [6, 6.07) is 5.86. The van der Waals surface area contributed by atoms with Crippen molar-refractivity contribution in [1.29, 1.82) is 0 Å². The van der Waals surface area contributed by atoms with Crippen molar-refractivity contribution in [3.63, 3.8) is 0 Å². The van der Waals surface area contributed by atoms with Gasteiger partial charge < -0.3 is 19.3 Å². The second-order valence-electron chi connectivity index (χ2n) is 8.57. The quantitative estimate of drug-likeness (QED) is 0.590. The van der Waals surface area contributed by atoms with E-state index < -0.39 is 18.4 Å². The van der Waals surface area contributed by atoms with Gasteiger partial charge in [0, 0.05) is 45.0 Å². The number of anilines is 1. The fourth-order valence-corrected chi connectivity index (χ4v) is 4.24. The summed E-state index contributed by atoms with van der Waals surface area (Å²) in [5, 5.41) is 0. The number of nitrogens with zero attached hydrogens (tertiary/aromatic N) is 3. The predicted molar refractivity (Wildman–Crippen MR) is 117 cm³/mol. The van der Waals surface area contributed by atoms with Crippen LogP contribution in [0.5, 0.6) is 0 Å². The van der Waals surface area contributed by atoms with Gasteiger partial charge in [-0.3, -0.25) is 4.90 Å². The van der Waals surface area contributed by atoms with Crippen molar-refractivity contribution in [3.05, 3.63) is 29.3 Å². The number of aryl methyl sites for hydroxylation is 1. The lowest BCUT2D eigenvalue weighted by Gasteiger charge is -2.36. The SMILES string of the molecule is CCOC(=O)C1CCCN1c1cc(C)ccc1CN1CCN(C(=O)OC(C)C(F)(F)F)CC1. The summed E-state index contributed by atoms with van der Waals surface area (Å²) in [6.07, 6.45) is -5.98. The number of rotatable bonds is 6. The molecule has 2 saturated heterocycles. The monoisotopic (exact) mass is 471 g/mol. The maximum Gasteiger partial charge on any atom is 0.425 e. The van der Waals surface area contributed by atoms with Crippen LogP contribution in [0, 0.1) is 6.92 Å². The van der Waals surface area contributed by atoms with Crippen LogP contribution in [0.4, 0.5) is 23.7 Å². The number of esters is 1. The minimum Gasteiger partial charge on any atom is -0.464 e. The van der Waals surface area contributed by atoms with Gasteiger partial charge >= 0.3 is 18.2 Å². The molecule has 0 spiro atoms. The first-order chi connectivity index (χ1) is 15.6. The lowest BCUT2D eigenvalue weighted by atomic mass is 10.1. The summed E-state index contributed by atoms with van der Waals surface area (Å²) >= 11 is 0. The van der Waals surface area contributed by atoms with E-state index >= 15 is 0 Å². The maximum atomic E-state index is 12.7. The second kappa shape index (κ2) is 10.6. The lowest BCUT2D eigenvalue weighted by molar-refractivity contribution is -0.200. The zero-order valence-electron chi connectivity index (χ0n) is 19.4. The molecular formula is C23H32F3N3O4. The Kier molecular flexibility index (Phi) is 8.10. The van der Waals surface area contributed by atoms with E-state index in [-0.39, 0.29) is 12.0 Å². The topological polar surface area (TPSA) is 62.3 Å². The molecule has 0 bridgehead atoms. The van der Waals surface area contributed by atoms with Crippen molar-refractivity contribution in [2.75, 3.05) is 44.2 Å². The van der Waals surface area contributed by atoms with Gasteiger partial charge in [0.2, 0.25) is 0 Å². The number of amides is 1. The van der Waals surface area contributed by atoms with Crippen LogP contribution in [-0.2, 0) is 20.8 Å². The van der Waals surface area contributed by atoms with Crippen LogP contribution in [0.15, 0.2) is 18.2 Å². The lowest BCUT2D eigenvalue weighted by Crippen LogP contribution is -2.49. The van der Waals surface area contributed by atoms with Crippen LogP contribution >= 0.6 is 0 Å². The molecule has 0 N–H and O–H groups in total. The molecule has 2 fully saturated rings. The average Bonchev–Trinajstić information content (AvgIpc) is 3.25. The third-order valence-electron chi connectivity index (χ3n) is 6.12. The molecule has 3 rings (SSSR count). The molecule has 0 aliphatic carbocycles. The number of piperazine rings is 1. The maximum absolute atomic E-state index is 12.7. The van der Waals surface area contributed by atoms with Gasteiger partial charge in [-0.05, 0) is 50.8 Å². The highest BCUT2D eigenvalue weighted by molar-refractivity contribution is 5.81. The Hall–Kier alpha value is -2.49. The van der Waals surface area contributed by atoms with Gasteiger partial charge in [0.15, 0.2) is 6.10 Å². The van der Waals surface area contributed by atoms with Crippen LogP contribution in [0.2, 0.25) is 0 Å². The smallest absolute Gasteiger partial charge is 0.425 e. The van der Waals surface area contributed by atoms with Crippen LogP contribution in [0.1, 0.15) is 37.8 Å². The molecule has 0 saturated carbocycles. The van der Waals surface area contributed by atoms with Crippen molar-refractivity contribution in [1.82, 2.24) is 9.80 Å². The molecule has 7 nitrogen and oxygen atoms in total. The molecule has 2 unspecified atom stereocenters. The minimum atomic E-state index is -4.57. The molecule has 184 valence electrons. The Labute approximate surface area is 192 Å². The van der Waals surface area contributed by atoms with Gasteiger partial charge in [-0.2, -0.15) is 13.2 Å². The standard InChI is InChI=1S/C23H32F3N3O4/c1-4-32-21(30)19-6-5-9-29(19)20-14-16(2)7-8-18(20)15-27-10-12-28(13-11-27)22(31)33-17(3)23(24,25)26/h7-8,14,17,19H,4-6,9-13,15H2,1-3H3. The van der Waals surface area contributed by atoms with E-state index in [1.807, 2.05) is 13.0 Å². The predicted octanol–water partition coefficient (Wildman–Crippen LogP) is 3.73. The summed E-state index contributed by atoms with van der Waals surface area (Å²) in [6.45, 7) is 7.99. The van der Waals surface area contributed by atoms with E-state index in [0.29, 0.717) is 39.3 Å². The van der Waals surface area contributed by atoms with Gasteiger partial charge in [-0.15, -0.1) is 0 Å². The highest BCUT2D eigenvalue weighted by Gasteiger charge is 2.40. The molecule has 2 heterocycles. The Morgan fingerprint density at radius 2 is 1.85 bits per heavy atom. The van der Waals surface area contributed by atoms with E-state index in [2.05, 4.69) is 26.7 Å². The summed E-state index contributed by atoms with van der Waals surface area (Å²) in [7, 11) is 0. The van der Waals surface area contributed by atoms with Crippen LogP contribution in [0.25, 0.3) is 0 Å². The van der Waals surface area contributed by atoms with Gasteiger partial charge in [0.25, 0.3) is 0 Å². The van der Waals surface area contributed by atoms with Crippen LogP contribution in [-0.4, -0.2) is 79.5 Å². The number of ether oxygens (including phenoxy) is 2. The molecule has 0 radical (unpaired) electrons. The molecule has 2 aliphatic rings. The van der Waals surface area contributed by atoms with Crippen molar-refractivity contribution in [2.45, 2.75) is 58.5 Å². The third kappa shape index (κ3) is 6.31. The zero-order chi connectivity index (χ0) is 24.2. The minimum absolute atomic E-state index is 0.206. The first-order valence-corrected chi connectivity index (χ1v) is 11.4. The fraction of sp³-hybridized carbons (Fsp3) is 0.652. The molecule has 10 heteroatoms. The van der Waals surface area contributed by atoms with Crippen molar-refractivity contribution < 1.29 is 32.2 Å². The number of carbonyl (C=O) groups is 2. The highest BCUT2D eigenvalue weighted by atomic mass is 19.4. The van der Waals surface area contributed by atoms with Crippen molar-refractivity contribution in [2.24, 2.45) is 0 Å². The molecule has 1 aromatic rings. The summed E-state index contributed by atoms with van der Waals surface area (Å²) in [4.78, 5) is 30.1. The van der Waals surface area contributed by atoms with Crippen molar-refractivity contribution in [3.8, 4) is 0 Å². The Balaban J connectivity index is 1.63. The third-order valence-corrected chi connectivity index (χ3v) is 6.12. The Morgan fingerprint density at radius 1 is 1.15 bits per heavy atom. The molecule has 0 aromatic heterocycles. The number of alkyl halides is 3. The number of benzene rings is 1. The van der Waals surface area contributed by atoms with Gasteiger partial charge in [0.05, 0.1) is 6.61 Å². The first kappa shape index (κ1) is 25.1. The zero-order valence-corrected chi connectivity index (χ0v) is 19.4. The van der Waals surface area contributed by atoms with Gasteiger partial charge in [-0.25, -0.2) is 9.59 Å². The first-order valence-electron chi connectivity index (χ1n) is 11.4. The van der Waals surface area contributed by atoms with Crippen LogP contribution < -0.4 is 4.90 Å². The Morgan fingerprint density at radius 3 is 2.48 bits per heavy atom. The summed E-state index contributed by atoms with van der Waals surface area (Å²) < 4.78 is 47.8. The Bertz CT molecular complexity index is 841. The van der Waals surface area contributed by atoms with E-state index in [1.165, 1.54) is 4.90 Å². The molecular weight excluding hydrogens is 439 g/mol. The van der Waals surface area contributed by atoms with Gasteiger partial charge in [0.1, 0.15) is 6.04 Å². The number of carbonyl (C=O) groups excluding carboxylic acids is 2. The molecule has 1 amide bonds. The number of hydrogen-bond donors (Lipinski definition) is 0. The molecule has 2 aliphatic heterocycles. The van der Waals surface area contributed by atoms with E-state index in [9.17, 15) is 22.8 Å². The highest BCUT2D eigenvalue weighted by Crippen LogP contribution is 2.31. The summed E-state index contributed by atoms with van der Waals surface area (Å²) in [5.41, 5.74) is 3.17. The average molecular weight is 472 g/mol. The number of halogens is 3. The van der Waals surface area contributed by atoms with E-state index in [1.54, 1.807) is 6.92 Å². The van der Waals surface area contributed by atoms with E-state index in [0.717, 1.165) is 43.1 Å². The van der Waals surface area contributed by atoms with E-state index in [4.69, 9.17) is 4.74 Å². The van der Waals surface area contributed by atoms with Crippen LogP contribution in [0.3, 0.4) is 0 Å². The molecule has 2 atom stereocenters. The van der Waals surface area contributed by atoms with Gasteiger partial charge in [-0.1, -0.05) is 12.1 Å². The fourth-order valence-electron chi connectivity index (χ4n) is 4.24. The molecule has 33 heavy (non-hydrogen) atoms. The summed E-state index contributed by atoms with van der Waals surface area (Å²) in [5.74, 6) is -0.206. The number of hydrogen-bond acceptors (Lipinski definition) is 6. The molecule has 1 aromatic carbocycles. The largest absolute Gasteiger partial charge is 0.464 e.